The molecule has 0 aliphatic carbocycles. The van der Waals surface area contributed by atoms with Crippen LogP contribution in [0.25, 0.3) is 11.3 Å². The van der Waals surface area contributed by atoms with E-state index in [-0.39, 0.29) is 33.7 Å². The van der Waals surface area contributed by atoms with Gasteiger partial charge in [0.2, 0.25) is 5.95 Å². The van der Waals surface area contributed by atoms with Gasteiger partial charge in [-0.25, -0.2) is 4.98 Å². The van der Waals surface area contributed by atoms with E-state index < -0.39 is 36.7 Å². The zero-order valence-electron chi connectivity index (χ0n) is 17.0. The lowest BCUT2D eigenvalue weighted by molar-refractivity contribution is -0.275. The maximum Gasteiger partial charge on any atom is 0.573 e. The fraction of sp³-hybridized carbons (Fsp3) is 0.150. The quantitative estimate of drug-likeness (QED) is 0.317. The highest BCUT2D eigenvalue weighted by Gasteiger charge is 2.32. The zero-order chi connectivity index (χ0) is 25.8. The first-order valence-electron chi connectivity index (χ1n) is 9.31. The van der Waals surface area contributed by atoms with Gasteiger partial charge in [-0.05, 0) is 30.3 Å². The molecule has 8 nitrogen and oxygen atoms in total. The Morgan fingerprint density at radius 1 is 0.971 bits per heavy atom. The second-order valence-corrected chi connectivity index (χ2v) is 7.01. The van der Waals surface area contributed by atoms with Crippen molar-refractivity contribution in [2.75, 3.05) is 17.2 Å². The number of hydrogen-bond donors (Lipinski definition) is 3. The van der Waals surface area contributed by atoms with Crippen molar-refractivity contribution >= 4 is 35.0 Å². The molecule has 3 rings (SSSR count). The van der Waals surface area contributed by atoms with Crippen LogP contribution in [0, 0.1) is 0 Å². The van der Waals surface area contributed by atoms with Gasteiger partial charge in [-0.15, -0.1) is 26.3 Å². The minimum absolute atomic E-state index is 0.0191. The number of nitrogens with one attached hydrogen (secondary N) is 2. The summed E-state index contributed by atoms with van der Waals surface area (Å²) in [5, 5.41) is 13.7. The smallest absolute Gasteiger partial charge is 0.480 e. The van der Waals surface area contributed by atoms with E-state index >= 15 is 0 Å². The number of rotatable bonds is 8. The van der Waals surface area contributed by atoms with E-state index in [2.05, 4.69) is 30.1 Å². The number of carboxylic acid groups (broad SMARTS) is 1. The standard InChI is InChI=1S/C20H13ClF6N4O4/c21-13-7-11(4-5-15(13)35-20(25,26)27)29-16-8-14(30-18(31-16)28-9-17(32)33)10-2-1-3-12(6-10)34-19(22,23)24/h1-8H,9H2,(H,32,33)(H2,28,29,30,31). The van der Waals surface area contributed by atoms with Gasteiger partial charge >= 0.3 is 18.7 Å². The minimum Gasteiger partial charge on any atom is -0.480 e. The Balaban J connectivity index is 1.94. The van der Waals surface area contributed by atoms with Gasteiger partial charge in [0.05, 0.1) is 10.7 Å². The number of anilines is 3. The van der Waals surface area contributed by atoms with Crippen LogP contribution in [0.4, 0.5) is 43.8 Å². The van der Waals surface area contributed by atoms with Crippen molar-refractivity contribution in [2.45, 2.75) is 12.7 Å². The Bertz CT molecular complexity index is 1220. The first-order valence-corrected chi connectivity index (χ1v) is 9.68. The van der Waals surface area contributed by atoms with Gasteiger partial charge in [-0.2, -0.15) is 4.98 Å². The third-order valence-corrected chi connectivity index (χ3v) is 4.21. The van der Waals surface area contributed by atoms with Crippen LogP contribution in [-0.2, 0) is 4.79 Å². The van der Waals surface area contributed by atoms with Crippen LogP contribution in [0.15, 0.2) is 48.5 Å². The molecule has 0 aliphatic rings. The molecule has 0 aliphatic heterocycles. The van der Waals surface area contributed by atoms with Crippen LogP contribution in [0.1, 0.15) is 0 Å². The molecule has 1 aromatic heterocycles. The molecule has 0 unspecified atom stereocenters. The van der Waals surface area contributed by atoms with E-state index in [9.17, 15) is 31.1 Å². The lowest BCUT2D eigenvalue weighted by atomic mass is 10.1. The number of nitrogens with zero attached hydrogens (tertiary/aromatic N) is 2. The number of carbonyl (C=O) groups is 1. The molecule has 0 amide bonds. The first-order chi connectivity index (χ1) is 16.3. The van der Waals surface area contributed by atoms with E-state index in [1.807, 2.05) is 0 Å². The maximum atomic E-state index is 12.6. The predicted octanol–water partition coefficient (Wildman–Crippen LogP) is 5.83. The second-order valence-electron chi connectivity index (χ2n) is 6.60. The molecule has 0 spiro atoms. The summed E-state index contributed by atoms with van der Waals surface area (Å²) >= 11 is 5.83. The molecular formula is C20H13ClF6N4O4. The summed E-state index contributed by atoms with van der Waals surface area (Å²) in [5.74, 6) is -2.57. The van der Waals surface area contributed by atoms with Crippen LogP contribution in [-0.4, -0.2) is 40.3 Å². The number of benzene rings is 2. The van der Waals surface area contributed by atoms with Crippen LogP contribution in [0.2, 0.25) is 5.02 Å². The molecule has 3 aromatic rings. The normalized spacial score (nSPS) is 11.6. The zero-order valence-corrected chi connectivity index (χ0v) is 17.8. The van der Waals surface area contributed by atoms with Gasteiger partial charge in [-0.3, -0.25) is 4.79 Å². The summed E-state index contributed by atoms with van der Waals surface area (Å²) in [4.78, 5) is 19.0. The number of hydrogen-bond acceptors (Lipinski definition) is 7. The fourth-order valence-corrected chi connectivity index (χ4v) is 2.90. The molecule has 1 heterocycles. The molecule has 0 saturated carbocycles. The van der Waals surface area contributed by atoms with Crippen LogP contribution in [0.5, 0.6) is 11.5 Å². The Kier molecular flexibility index (Phi) is 7.43. The molecule has 0 bridgehead atoms. The van der Waals surface area contributed by atoms with Gasteiger partial charge in [0.15, 0.2) is 0 Å². The van der Waals surface area contributed by atoms with Gasteiger partial charge < -0.3 is 25.2 Å². The van der Waals surface area contributed by atoms with Crippen molar-refractivity contribution in [1.29, 1.82) is 0 Å². The largest absolute Gasteiger partial charge is 0.573 e. The van der Waals surface area contributed by atoms with E-state index in [0.29, 0.717) is 0 Å². The van der Waals surface area contributed by atoms with E-state index in [1.54, 1.807) is 0 Å². The van der Waals surface area contributed by atoms with Gasteiger partial charge in [0.25, 0.3) is 0 Å². The van der Waals surface area contributed by atoms with E-state index in [0.717, 1.165) is 24.3 Å². The summed E-state index contributed by atoms with van der Waals surface area (Å²) in [7, 11) is 0. The molecular weight excluding hydrogens is 510 g/mol. The van der Waals surface area contributed by atoms with Crippen molar-refractivity contribution in [3.05, 3.63) is 53.6 Å². The minimum atomic E-state index is -4.95. The Labute approximate surface area is 197 Å². The third kappa shape index (κ3) is 8.10. The van der Waals surface area contributed by atoms with Crippen molar-refractivity contribution in [1.82, 2.24) is 9.97 Å². The molecule has 15 heteroatoms. The number of halogens is 7. The maximum absolute atomic E-state index is 12.6. The summed E-state index contributed by atoms with van der Waals surface area (Å²) < 4.78 is 82.7. The van der Waals surface area contributed by atoms with Crippen LogP contribution in [0.3, 0.4) is 0 Å². The molecule has 0 saturated heterocycles. The third-order valence-electron chi connectivity index (χ3n) is 3.92. The Morgan fingerprint density at radius 3 is 2.31 bits per heavy atom. The summed E-state index contributed by atoms with van der Waals surface area (Å²) in [6.45, 7) is -0.574. The lowest BCUT2D eigenvalue weighted by Crippen LogP contribution is -2.17. The molecule has 0 radical (unpaired) electrons. The molecule has 35 heavy (non-hydrogen) atoms. The highest BCUT2D eigenvalue weighted by Crippen LogP contribution is 2.34. The number of alkyl halides is 6. The van der Waals surface area contributed by atoms with Crippen molar-refractivity contribution in [3.63, 3.8) is 0 Å². The molecule has 0 atom stereocenters. The average molecular weight is 523 g/mol. The van der Waals surface area contributed by atoms with Crippen molar-refractivity contribution < 1.29 is 45.7 Å². The molecule has 3 N–H and O–H groups in total. The fourth-order valence-electron chi connectivity index (χ4n) is 2.68. The number of ether oxygens (including phenoxy) is 2. The van der Waals surface area contributed by atoms with Gasteiger partial charge in [-0.1, -0.05) is 23.7 Å². The molecule has 0 fully saturated rings. The summed E-state index contributed by atoms with van der Waals surface area (Å²) in [6.07, 6.45) is -9.87. The highest BCUT2D eigenvalue weighted by molar-refractivity contribution is 6.32. The summed E-state index contributed by atoms with van der Waals surface area (Å²) in [6, 6.07) is 9.44. The molecule has 186 valence electrons. The number of aromatic nitrogens is 2. The average Bonchev–Trinajstić information content (AvgIpc) is 2.72. The Hall–Kier alpha value is -3.94. The topological polar surface area (TPSA) is 106 Å². The van der Waals surface area contributed by atoms with Crippen molar-refractivity contribution in [3.8, 4) is 22.8 Å². The number of carboxylic acids is 1. The SMILES string of the molecule is O=C(O)CNc1nc(Nc2ccc(OC(F)(F)F)c(Cl)c2)cc(-c2cccc(OC(F)(F)F)c2)n1. The van der Waals surface area contributed by atoms with Crippen LogP contribution < -0.4 is 20.1 Å². The van der Waals surface area contributed by atoms with Crippen LogP contribution >= 0.6 is 11.6 Å². The molecule has 2 aromatic carbocycles. The summed E-state index contributed by atoms with van der Waals surface area (Å²) in [5.41, 5.74) is 0.418. The monoisotopic (exact) mass is 522 g/mol. The van der Waals surface area contributed by atoms with Gasteiger partial charge in [0, 0.05) is 17.3 Å². The highest BCUT2D eigenvalue weighted by atomic mass is 35.5. The van der Waals surface area contributed by atoms with Gasteiger partial charge in [0.1, 0.15) is 23.9 Å². The Morgan fingerprint density at radius 2 is 1.69 bits per heavy atom. The first kappa shape index (κ1) is 25.7. The van der Waals surface area contributed by atoms with E-state index in [1.165, 1.54) is 24.3 Å². The lowest BCUT2D eigenvalue weighted by Gasteiger charge is -2.14. The number of aliphatic carboxylic acids is 1. The predicted molar refractivity (Wildman–Crippen MR) is 112 cm³/mol. The van der Waals surface area contributed by atoms with Crippen molar-refractivity contribution in [2.24, 2.45) is 0 Å². The second kappa shape index (κ2) is 10.1. The van der Waals surface area contributed by atoms with E-state index in [4.69, 9.17) is 16.7 Å².